The van der Waals surface area contributed by atoms with Crippen molar-refractivity contribution in [1.82, 2.24) is 14.5 Å². The van der Waals surface area contributed by atoms with Gasteiger partial charge in [0, 0.05) is 13.2 Å². The molecule has 0 saturated heterocycles. The molecule has 0 aliphatic heterocycles. The first-order chi connectivity index (χ1) is 10.1. The highest BCUT2D eigenvalue weighted by Gasteiger charge is 2.22. The van der Waals surface area contributed by atoms with Crippen LogP contribution in [0.1, 0.15) is 43.9 Å². The summed E-state index contributed by atoms with van der Waals surface area (Å²) in [7, 11) is 3.32. The van der Waals surface area contributed by atoms with Crippen LogP contribution in [-0.4, -0.2) is 35.4 Å². The van der Waals surface area contributed by atoms with Crippen molar-refractivity contribution in [1.29, 1.82) is 0 Å². The Morgan fingerprint density at radius 1 is 1.29 bits per heavy atom. The number of imidazole rings is 1. The molecule has 6 heteroatoms. The monoisotopic (exact) mass is 311 g/mol. The lowest BCUT2D eigenvalue weighted by Crippen LogP contribution is -2.18. The molecule has 0 aliphatic rings. The van der Waals surface area contributed by atoms with E-state index in [9.17, 15) is 0 Å². The highest BCUT2D eigenvalue weighted by Crippen LogP contribution is 2.30. The molecule has 0 fully saturated rings. The molecule has 0 aliphatic carbocycles. The van der Waals surface area contributed by atoms with E-state index in [-0.39, 0.29) is 11.4 Å². The van der Waals surface area contributed by atoms with Crippen molar-refractivity contribution in [3.8, 4) is 5.88 Å². The number of nitrogens with zero attached hydrogens (tertiary/aromatic N) is 3. The summed E-state index contributed by atoms with van der Waals surface area (Å²) < 4.78 is 12.7. The highest BCUT2D eigenvalue weighted by atomic mass is 35.5. The lowest BCUT2D eigenvalue weighted by Gasteiger charge is -2.21. The van der Waals surface area contributed by atoms with E-state index in [1.165, 1.54) is 0 Å². The van der Waals surface area contributed by atoms with Gasteiger partial charge in [-0.15, -0.1) is 11.6 Å². The Hall–Kier alpha value is -1.33. The van der Waals surface area contributed by atoms with Crippen LogP contribution in [0, 0.1) is 0 Å². The smallest absolute Gasteiger partial charge is 0.215 e. The van der Waals surface area contributed by atoms with E-state index in [2.05, 4.69) is 21.5 Å². The number of fused-ring (bicyclic) bond motifs is 1. The second-order valence-corrected chi connectivity index (χ2v) is 5.70. The standard InChI is InChI=1S/C15H22ClN3O2/c1-5-6-11(9-20-3)19-14(10(2)16)17-12-7-8-13(21-4)18-15(12)19/h7-8,10-11H,5-6,9H2,1-4H3. The predicted octanol–water partition coefficient (Wildman–Crippen LogP) is 3.73. The molecule has 0 N–H and O–H groups in total. The molecule has 0 radical (unpaired) electrons. The van der Waals surface area contributed by atoms with Crippen molar-refractivity contribution in [3.05, 3.63) is 18.0 Å². The van der Waals surface area contributed by atoms with Gasteiger partial charge in [-0.3, -0.25) is 0 Å². The quantitative estimate of drug-likeness (QED) is 0.731. The van der Waals surface area contributed by atoms with Gasteiger partial charge in [0.25, 0.3) is 0 Å². The van der Waals surface area contributed by atoms with Crippen LogP contribution < -0.4 is 4.74 Å². The normalized spacial score (nSPS) is 14.3. The number of pyridine rings is 1. The van der Waals surface area contributed by atoms with Gasteiger partial charge in [-0.2, -0.15) is 4.98 Å². The molecule has 2 heterocycles. The summed E-state index contributed by atoms with van der Waals surface area (Å²) in [5.74, 6) is 1.40. The van der Waals surface area contributed by atoms with Gasteiger partial charge in [0.2, 0.25) is 5.88 Å². The number of methoxy groups -OCH3 is 2. The van der Waals surface area contributed by atoms with E-state index in [0.29, 0.717) is 12.5 Å². The minimum Gasteiger partial charge on any atom is -0.481 e. The third-order valence-electron chi connectivity index (χ3n) is 3.45. The zero-order valence-electron chi connectivity index (χ0n) is 13.0. The van der Waals surface area contributed by atoms with Crippen LogP contribution in [0.25, 0.3) is 11.2 Å². The summed E-state index contributed by atoms with van der Waals surface area (Å²) >= 11 is 6.31. The predicted molar refractivity (Wildman–Crippen MR) is 84.2 cm³/mol. The number of halogens is 1. The number of hydrogen-bond donors (Lipinski definition) is 0. The average molecular weight is 312 g/mol. The fourth-order valence-electron chi connectivity index (χ4n) is 2.54. The van der Waals surface area contributed by atoms with Gasteiger partial charge in [-0.25, -0.2) is 4.98 Å². The van der Waals surface area contributed by atoms with Crippen molar-refractivity contribution in [3.63, 3.8) is 0 Å². The molecule has 0 aromatic carbocycles. The van der Waals surface area contributed by atoms with Crippen LogP contribution in [0.4, 0.5) is 0 Å². The van der Waals surface area contributed by atoms with Crippen molar-refractivity contribution in [2.45, 2.75) is 38.1 Å². The lowest BCUT2D eigenvalue weighted by atomic mass is 10.1. The minimum atomic E-state index is -0.193. The van der Waals surface area contributed by atoms with Crippen molar-refractivity contribution >= 4 is 22.8 Å². The number of aromatic nitrogens is 3. The fourth-order valence-corrected chi connectivity index (χ4v) is 2.69. The molecule has 2 aromatic heterocycles. The first kappa shape index (κ1) is 16.0. The summed E-state index contributed by atoms with van der Waals surface area (Å²) in [6, 6.07) is 3.89. The highest BCUT2D eigenvalue weighted by molar-refractivity contribution is 6.20. The summed E-state index contributed by atoms with van der Waals surface area (Å²) in [5, 5.41) is -0.193. The Balaban J connectivity index is 2.62. The largest absolute Gasteiger partial charge is 0.481 e. The number of alkyl halides is 1. The van der Waals surface area contributed by atoms with Crippen LogP contribution in [0.3, 0.4) is 0 Å². The molecule has 2 atom stereocenters. The first-order valence-electron chi connectivity index (χ1n) is 7.18. The van der Waals surface area contributed by atoms with E-state index in [0.717, 1.165) is 29.8 Å². The van der Waals surface area contributed by atoms with Crippen LogP contribution >= 0.6 is 11.6 Å². The zero-order valence-corrected chi connectivity index (χ0v) is 13.7. The van der Waals surface area contributed by atoms with Gasteiger partial charge in [-0.05, 0) is 19.4 Å². The number of rotatable bonds is 7. The van der Waals surface area contributed by atoms with E-state index in [1.54, 1.807) is 14.2 Å². The van der Waals surface area contributed by atoms with Crippen LogP contribution in [0.2, 0.25) is 0 Å². The van der Waals surface area contributed by atoms with Gasteiger partial charge in [-0.1, -0.05) is 13.3 Å². The molecule has 21 heavy (non-hydrogen) atoms. The SMILES string of the molecule is CCCC(COC)n1c(C(C)Cl)nc2ccc(OC)nc21. The van der Waals surface area contributed by atoms with Crippen LogP contribution in [0.15, 0.2) is 12.1 Å². The minimum absolute atomic E-state index is 0.167. The van der Waals surface area contributed by atoms with E-state index < -0.39 is 0 Å². The molecular weight excluding hydrogens is 290 g/mol. The van der Waals surface area contributed by atoms with E-state index >= 15 is 0 Å². The topological polar surface area (TPSA) is 49.2 Å². The Morgan fingerprint density at radius 3 is 2.62 bits per heavy atom. The molecule has 0 spiro atoms. The average Bonchev–Trinajstić information content (AvgIpc) is 2.85. The Bertz CT molecular complexity index is 592. The van der Waals surface area contributed by atoms with Gasteiger partial charge < -0.3 is 14.0 Å². The maximum atomic E-state index is 6.31. The summed E-state index contributed by atoms with van der Waals surface area (Å²) in [6.07, 6.45) is 2.03. The van der Waals surface area contributed by atoms with E-state index in [4.69, 9.17) is 21.1 Å². The van der Waals surface area contributed by atoms with Gasteiger partial charge in [0.05, 0.1) is 25.1 Å². The van der Waals surface area contributed by atoms with E-state index in [1.807, 2.05) is 19.1 Å². The van der Waals surface area contributed by atoms with Crippen LogP contribution in [-0.2, 0) is 4.74 Å². The maximum Gasteiger partial charge on any atom is 0.215 e. The summed E-state index contributed by atoms with van der Waals surface area (Å²) in [6.45, 7) is 4.68. The molecule has 2 rings (SSSR count). The molecule has 2 unspecified atom stereocenters. The van der Waals surface area contributed by atoms with Crippen LogP contribution in [0.5, 0.6) is 5.88 Å². The number of hydrogen-bond acceptors (Lipinski definition) is 4. The summed E-state index contributed by atoms with van der Waals surface area (Å²) in [5.41, 5.74) is 1.63. The molecular formula is C15H22ClN3O2. The fraction of sp³-hybridized carbons (Fsp3) is 0.600. The second kappa shape index (κ2) is 7.09. The Morgan fingerprint density at radius 2 is 2.05 bits per heavy atom. The van der Waals surface area contributed by atoms with Crippen molar-refractivity contribution < 1.29 is 9.47 Å². The zero-order chi connectivity index (χ0) is 15.4. The first-order valence-corrected chi connectivity index (χ1v) is 7.61. The molecule has 0 bridgehead atoms. The molecule has 116 valence electrons. The Kier molecular flexibility index (Phi) is 5.42. The number of ether oxygens (including phenoxy) is 2. The molecule has 0 amide bonds. The summed E-state index contributed by atoms with van der Waals surface area (Å²) in [4.78, 5) is 9.18. The lowest BCUT2D eigenvalue weighted by molar-refractivity contribution is 0.150. The molecule has 0 saturated carbocycles. The van der Waals surface area contributed by atoms with Gasteiger partial charge in [0.15, 0.2) is 5.65 Å². The molecule has 2 aromatic rings. The third kappa shape index (κ3) is 3.30. The maximum absolute atomic E-state index is 6.31. The Labute approximate surface area is 130 Å². The third-order valence-corrected chi connectivity index (χ3v) is 3.65. The van der Waals surface area contributed by atoms with Gasteiger partial charge in [0.1, 0.15) is 11.3 Å². The second-order valence-electron chi connectivity index (χ2n) is 5.05. The van der Waals surface area contributed by atoms with Gasteiger partial charge >= 0.3 is 0 Å². The van der Waals surface area contributed by atoms with Crippen molar-refractivity contribution in [2.24, 2.45) is 0 Å². The molecule has 5 nitrogen and oxygen atoms in total. The van der Waals surface area contributed by atoms with Crippen molar-refractivity contribution in [2.75, 3.05) is 20.8 Å².